The van der Waals surface area contributed by atoms with Crippen LogP contribution in [-0.4, -0.2) is 44.6 Å². The summed E-state index contributed by atoms with van der Waals surface area (Å²) >= 11 is 0. The Kier molecular flexibility index (Phi) is 6.52. The second-order valence-corrected chi connectivity index (χ2v) is 9.25. The van der Waals surface area contributed by atoms with E-state index in [-0.39, 0.29) is 17.9 Å². The summed E-state index contributed by atoms with van der Waals surface area (Å²) in [7, 11) is -2.03. The van der Waals surface area contributed by atoms with E-state index in [1.54, 1.807) is 12.3 Å². The van der Waals surface area contributed by atoms with Crippen molar-refractivity contribution >= 4 is 32.7 Å². The number of nitrogens with zero attached hydrogens (tertiary/aromatic N) is 1. The summed E-state index contributed by atoms with van der Waals surface area (Å²) in [6.07, 6.45) is 2.22. The van der Waals surface area contributed by atoms with Gasteiger partial charge in [0.2, 0.25) is 15.9 Å². The molecule has 3 N–H and O–H groups in total. The molecule has 0 bridgehead atoms. The van der Waals surface area contributed by atoms with E-state index in [2.05, 4.69) is 15.6 Å². The topological polar surface area (TPSA) is 128 Å². The lowest BCUT2D eigenvalue weighted by Gasteiger charge is -2.11. The van der Waals surface area contributed by atoms with Gasteiger partial charge in [0.1, 0.15) is 0 Å². The van der Waals surface area contributed by atoms with Crippen molar-refractivity contribution in [3.63, 3.8) is 0 Å². The normalized spacial score (nSPS) is 13.4. The van der Waals surface area contributed by atoms with Crippen LogP contribution < -0.4 is 25.0 Å². The Labute approximate surface area is 190 Å². The summed E-state index contributed by atoms with van der Waals surface area (Å²) in [5.41, 5.74) is 5.98. The maximum absolute atomic E-state index is 12.6. The molecule has 1 aliphatic rings. The van der Waals surface area contributed by atoms with E-state index in [1.165, 1.54) is 12.1 Å². The van der Waals surface area contributed by atoms with Crippen LogP contribution in [0.3, 0.4) is 0 Å². The second kappa shape index (κ2) is 9.51. The molecule has 0 atom stereocenters. The Bertz CT molecular complexity index is 1300. The van der Waals surface area contributed by atoms with Gasteiger partial charge in [0.05, 0.1) is 23.7 Å². The first kappa shape index (κ1) is 22.6. The molecule has 0 radical (unpaired) electrons. The molecule has 0 spiro atoms. The molecule has 2 amide bonds. The predicted molar refractivity (Wildman–Crippen MR) is 120 cm³/mol. The summed E-state index contributed by atoms with van der Waals surface area (Å²) in [5.74, 6) is -0.144. The third-order valence-corrected chi connectivity index (χ3v) is 6.59. The molecule has 2 aromatic carbocycles. The van der Waals surface area contributed by atoms with Crippen molar-refractivity contribution in [3.8, 4) is 11.5 Å². The third-order valence-electron chi connectivity index (χ3n) is 5.13. The van der Waals surface area contributed by atoms with Gasteiger partial charge < -0.3 is 14.0 Å². The molecule has 2 heterocycles. The summed E-state index contributed by atoms with van der Waals surface area (Å²) in [6.45, 7) is 0.796. The maximum atomic E-state index is 12.6. The molecule has 3 aromatic rings. The molecule has 0 saturated carbocycles. The minimum Gasteiger partial charge on any atom is -0.490 e. The number of carbonyl (C=O) groups excluding carboxylic acids is 2. The van der Waals surface area contributed by atoms with Crippen LogP contribution in [0.15, 0.2) is 53.6 Å². The van der Waals surface area contributed by atoms with Crippen molar-refractivity contribution < 1.29 is 27.5 Å². The highest BCUT2D eigenvalue weighted by Crippen LogP contribution is 2.31. The largest absolute Gasteiger partial charge is 0.490 e. The minimum absolute atomic E-state index is 0.0106. The number of hydrazine groups is 1. The van der Waals surface area contributed by atoms with Crippen LogP contribution in [0.2, 0.25) is 0 Å². The first-order valence-corrected chi connectivity index (χ1v) is 11.9. The summed E-state index contributed by atoms with van der Waals surface area (Å²) in [5, 5.41) is 0.759. The molecule has 174 valence electrons. The van der Waals surface area contributed by atoms with E-state index < -0.39 is 21.8 Å². The number of hydrogen-bond donors (Lipinski definition) is 3. The Morgan fingerprint density at radius 3 is 2.61 bits per heavy atom. The van der Waals surface area contributed by atoms with Crippen LogP contribution in [0.4, 0.5) is 0 Å². The van der Waals surface area contributed by atoms with Gasteiger partial charge in [0, 0.05) is 49.6 Å². The fraction of sp³-hybridized carbons (Fsp3) is 0.273. The van der Waals surface area contributed by atoms with Crippen LogP contribution in [0.25, 0.3) is 10.9 Å². The van der Waals surface area contributed by atoms with Crippen molar-refractivity contribution in [1.82, 2.24) is 20.1 Å². The first-order valence-electron chi connectivity index (χ1n) is 10.4. The number of aryl methyl sites for hydroxylation is 1. The number of rotatable bonds is 6. The SMILES string of the molecule is Cn1cc(C(=O)NNC(=O)CCNS(=O)(=O)c2ccc3c(c2)OCCCO3)c2ccccc21. The van der Waals surface area contributed by atoms with Crippen LogP contribution in [0, 0.1) is 0 Å². The molecule has 10 nitrogen and oxygen atoms in total. The number of fused-ring (bicyclic) bond motifs is 2. The zero-order chi connectivity index (χ0) is 23.4. The van der Waals surface area contributed by atoms with Crippen molar-refractivity contribution in [1.29, 1.82) is 0 Å². The van der Waals surface area contributed by atoms with E-state index in [0.29, 0.717) is 36.7 Å². The molecular weight excluding hydrogens is 448 g/mol. The number of sulfonamides is 1. The van der Waals surface area contributed by atoms with Gasteiger partial charge in [-0.3, -0.25) is 20.4 Å². The molecule has 1 aromatic heterocycles. The van der Waals surface area contributed by atoms with Gasteiger partial charge in [-0.25, -0.2) is 13.1 Å². The van der Waals surface area contributed by atoms with Crippen LogP contribution in [0.1, 0.15) is 23.2 Å². The highest BCUT2D eigenvalue weighted by molar-refractivity contribution is 7.89. The summed E-state index contributed by atoms with van der Waals surface area (Å²) in [6, 6.07) is 11.8. The second-order valence-electron chi connectivity index (χ2n) is 7.48. The smallest absolute Gasteiger partial charge is 0.271 e. The van der Waals surface area contributed by atoms with Crippen molar-refractivity contribution in [3.05, 3.63) is 54.2 Å². The number of carbonyl (C=O) groups is 2. The number of ether oxygens (including phenoxy) is 2. The lowest BCUT2D eigenvalue weighted by atomic mass is 10.2. The number of para-hydroxylation sites is 1. The zero-order valence-corrected chi connectivity index (χ0v) is 18.8. The molecule has 11 heteroatoms. The molecule has 0 aliphatic carbocycles. The lowest BCUT2D eigenvalue weighted by Crippen LogP contribution is -2.42. The first-order chi connectivity index (χ1) is 15.8. The Balaban J connectivity index is 1.29. The average molecular weight is 473 g/mol. The monoisotopic (exact) mass is 472 g/mol. The van der Waals surface area contributed by atoms with E-state index in [4.69, 9.17) is 9.47 Å². The zero-order valence-electron chi connectivity index (χ0n) is 18.0. The molecule has 0 saturated heterocycles. The van der Waals surface area contributed by atoms with Gasteiger partial charge in [-0.05, 0) is 18.2 Å². The number of benzene rings is 2. The minimum atomic E-state index is -3.85. The van der Waals surface area contributed by atoms with Crippen LogP contribution in [-0.2, 0) is 21.9 Å². The van der Waals surface area contributed by atoms with E-state index in [0.717, 1.165) is 10.9 Å². The highest BCUT2D eigenvalue weighted by Gasteiger charge is 2.19. The fourth-order valence-corrected chi connectivity index (χ4v) is 4.52. The van der Waals surface area contributed by atoms with Crippen molar-refractivity contribution in [2.45, 2.75) is 17.7 Å². The number of nitrogens with one attached hydrogen (secondary N) is 3. The highest BCUT2D eigenvalue weighted by atomic mass is 32.2. The maximum Gasteiger partial charge on any atom is 0.271 e. The molecule has 1 aliphatic heterocycles. The number of amides is 2. The molecule has 33 heavy (non-hydrogen) atoms. The van der Waals surface area contributed by atoms with Crippen LogP contribution in [0.5, 0.6) is 11.5 Å². The van der Waals surface area contributed by atoms with Gasteiger partial charge in [-0.1, -0.05) is 18.2 Å². The summed E-state index contributed by atoms with van der Waals surface area (Å²) in [4.78, 5) is 24.6. The number of hydrogen-bond acceptors (Lipinski definition) is 6. The Morgan fingerprint density at radius 1 is 1.03 bits per heavy atom. The van der Waals surface area contributed by atoms with Crippen molar-refractivity contribution in [2.75, 3.05) is 19.8 Å². The summed E-state index contributed by atoms with van der Waals surface area (Å²) < 4.78 is 40.3. The number of aromatic nitrogens is 1. The quantitative estimate of drug-likeness (QED) is 0.466. The van der Waals surface area contributed by atoms with Crippen molar-refractivity contribution in [2.24, 2.45) is 7.05 Å². The third kappa shape index (κ3) is 5.10. The van der Waals surface area contributed by atoms with E-state index in [1.807, 2.05) is 35.9 Å². The van der Waals surface area contributed by atoms with Gasteiger partial charge in [0.25, 0.3) is 5.91 Å². The van der Waals surface area contributed by atoms with Gasteiger partial charge >= 0.3 is 0 Å². The van der Waals surface area contributed by atoms with Crippen LogP contribution >= 0.6 is 0 Å². The lowest BCUT2D eigenvalue weighted by molar-refractivity contribution is -0.121. The molecular formula is C22H24N4O6S. The average Bonchev–Trinajstić information content (AvgIpc) is 2.97. The van der Waals surface area contributed by atoms with E-state index >= 15 is 0 Å². The molecule has 4 rings (SSSR count). The molecule has 0 unspecified atom stereocenters. The Hall–Kier alpha value is -3.57. The van der Waals surface area contributed by atoms with Gasteiger partial charge in [-0.15, -0.1) is 0 Å². The van der Waals surface area contributed by atoms with E-state index in [9.17, 15) is 18.0 Å². The van der Waals surface area contributed by atoms with Gasteiger partial charge in [0.15, 0.2) is 11.5 Å². The Morgan fingerprint density at radius 2 is 1.79 bits per heavy atom. The standard InChI is InChI=1S/C22H24N4O6S/c1-26-14-17(16-5-2-3-6-18(16)26)22(28)25-24-21(27)9-10-23-33(29,30)15-7-8-19-20(13-15)32-12-4-11-31-19/h2-3,5-8,13-14,23H,4,9-12H2,1H3,(H,24,27)(H,25,28). The van der Waals surface area contributed by atoms with Gasteiger partial charge in [-0.2, -0.15) is 0 Å². The fourth-order valence-electron chi connectivity index (χ4n) is 3.47. The predicted octanol–water partition coefficient (Wildman–Crippen LogP) is 1.47. The molecule has 0 fully saturated rings.